The molecule has 0 fully saturated rings. The molecule has 0 bridgehead atoms. The van der Waals surface area contributed by atoms with Gasteiger partial charge in [0.2, 0.25) is 10.0 Å². The van der Waals surface area contributed by atoms with Crippen molar-refractivity contribution in [2.75, 3.05) is 10.5 Å². The summed E-state index contributed by atoms with van der Waals surface area (Å²) in [4.78, 5) is 10.8. The van der Waals surface area contributed by atoms with Crippen molar-refractivity contribution in [3.63, 3.8) is 0 Å². The summed E-state index contributed by atoms with van der Waals surface area (Å²) in [5, 5.41) is 8.77. The number of anilines is 1. The average molecular weight is 303 g/mol. The van der Waals surface area contributed by atoms with Crippen LogP contribution in [0.25, 0.3) is 0 Å². The van der Waals surface area contributed by atoms with E-state index in [0.29, 0.717) is 6.42 Å². The van der Waals surface area contributed by atoms with Gasteiger partial charge >= 0.3 is 5.97 Å². The van der Waals surface area contributed by atoms with Crippen LogP contribution in [0.2, 0.25) is 0 Å². The Kier molecular flexibility index (Phi) is 5.94. The zero-order valence-electron chi connectivity index (χ0n) is 11.2. The van der Waals surface area contributed by atoms with Gasteiger partial charge in [0.05, 0.1) is 17.0 Å². The van der Waals surface area contributed by atoms with Crippen molar-refractivity contribution in [3.8, 4) is 0 Å². The molecule has 0 radical (unpaired) electrons. The number of hydrogen-bond acceptors (Lipinski definition) is 3. The normalized spacial score (nSPS) is 11.3. The van der Waals surface area contributed by atoms with Gasteiger partial charge in [0.25, 0.3) is 0 Å². The smallest absolute Gasteiger partial charge is 0.338 e. The number of carboxylic acid groups (broad SMARTS) is 1. The maximum absolute atomic E-state index is 13.8. The average Bonchev–Trinajstić information content (AvgIpc) is 2.36. The summed E-state index contributed by atoms with van der Waals surface area (Å²) >= 11 is 0. The van der Waals surface area contributed by atoms with E-state index in [1.807, 2.05) is 6.92 Å². The minimum absolute atomic E-state index is 0.107. The van der Waals surface area contributed by atoms with Crippen LogP contribution in [0.1, 0.15) is 43.0 Å². The molecule has 1 rings (SSSR count). The van der Waals surface area contributed by atoms with Gasteiger partial charge < -0.3 is 5.11 Å². The first-order valence-electron chi connectivity index (χ1n) is 6.39. The van der Waals surface area contributed by atoms with Crippen molar-refractivity contribution in [3.05, 3.63) is 29.6 Å². The third-order valence-corrected chi connectivity index (χ3v) is 4.12. The zero-order chi connectivity index (χ0) is 15.2. The highest BCUT2D eigenvalue weighted by Crippen LogP contribution is 2.19. The fourth-order valence-corrected chi connectivity index (χ4v) is 2.89. The number of sulfonamides is 1. The van der Waals surface area contributed by atoms with Crippen molar-refractivity contribution in [2.24, 2.45) is 0 Å². The Balaban J connectivity index is 2.77. The van der Waals surface area contributed by atoms with E-state index in [1.165, 1.54) is 12.1 Å². The number of unbranched alkanes of at least 4 members (excludes halogenated alkanes) is 3. The second-order valence-electron chi connectivity index (χ2n) is 4.45. The number of nitrogens with one attached hydrogen (secondary N) is 1. The molecule has 0 aliphatic rings. The van der Waals surface area contributed by atoms with E-state index in [4.69, 9.17) is 5.11 Å². The highest BCUT2D eigenvalue weighted by molar-refractivity contribution is 7.92. The first kappa shape index (κ1) is 16.4. The molecule has 0 saturated heterocycles. The van der Waals surface area contributed by atoms with Crippen LogP contribution < -0.4 is 4.72 Å². The lowest BCUT2D eigenvalue weighted by atomic mass is 10.2. The molecule has 112 valence electrons. The van der Waals surface area contributed by atoms with Crippen LogP contribution in [0, 0.1) is 5.82 Å². The predicted molar refractivity (Wildman–Crippen MR) is 74.9 cm³/mol. The van der Waals surface area contributed by atoms with E-state index in [0.717, 1.165) is 25.3 Å². The largest absolute Gasteiger partial charge is 0.478 e. The van der Waals surface area contributed by atoms with Crippen LogP contribution in [-0.2, 0) is 10.0 Å². The number of halogens is 1. The summed E-state index contributed by atoms with van der Waals surface area (Å²) in [6, 6.07) is 3.57. The summed E-state index contributed by atoms with van der Waals surface area (Å²) in [5.41, 5.74) is -0.892. The van der Waals surface area contributed by atoms with Crippen molar-refractivity contribution < 1.29 is 22.7 Å². The van der Waals surface area contributed by atoms with E-state index in [1.54, 1.807) is 0 Å². The SMILES string of the molecule is CCCCCCS(=O)(=O)Nc1cccc(C(=O)O)c1F. The third kappa shape index (κ3) is 4.80. The van der Waals surface area contributed by atoms with Gasteiger partial charge in [-0.1, -0.05) is 32.3 Å². The molecule has 0 spiro atoms. The van der Waals surface area contributed by atoms with Crippen LogP contribution in [-0.4, -0.2) is 25.2 Å². The van der Waals surface area contributed by atoms with Crippen molar-refractivity contribution in [1.82, 2.24) is 0 Å². The molecule has 0 saturated carbocycles. The minimum atomic E-state index is -3.66. The Morgan fingerprint density at radius 3 is 2.60 bits per heavy atom. The second kappa shape index (κ2) is 7.23. The molecule has 20 heavy (non-hydrogen) atoms. The molecule has 0 amide bonds. The Morgan fingerprint density at radius 2 is 2.00 bits per heavy atom. The molecule has 5 nitrogen and oxygen atoms in total. The summed E-state index contributed by atoms with van der Waals surface area (Å²) < 4.78 is 39.4. The van der Waals surface area contributed by atoms with E-state index in [-0.39, 0.29) is 11.4 Å². The summed E-state index contributed by atoms with van der Waals surface area (Å²) in [7, 11) is -3.66. The third-order valence-electron chi connectivity index (χ3n) is 2.76. The summed E-state index contributed by atoms with van der Waals surface area (Å²) in [6.45, 7) is 2.01. The summed E-state index contributed by atoms with van der Waals surface area (Å²) in [6.07, 6.45) is 3.21. The number of benzene rings is 1. The Bertz CT molecular complexity index is 572. The predicted octanol–water partition coefficient (Wildman–Crippen LogP) is 2.85. The van der Waals surface area contributed by atoms with E-state index >= 15 is 0 Å². The molecule has 1 aromatic rings. The van der Waals surface area contributed by atoms with Gasteiger partial charge in [0.1, 0.15) is 0 Å². The van der Waals surface area contributed by atoms with Gasteiger partial charge in [-0.05, 0) is 18.6 Å². The first-order chi connectivity index (χ1) is 9.37. The lowest BCUT2D eigenvalue weighted by molar-refractivity contribution is 0.0692. The fraction of sp³-hybridized carbons (Fsp3) is 0.462. The second-order valence-corrected chi connectivity index (χ2v) is 6.30. The lowest BCUT2D eigenvalue weighted by Gasteiger charge is -2.10. The van der Waals surface area contributed by atoms with E-state index in [9.17, 15) is 17.6 Å². The maximum atomic E-state index is 13.8. The van der Waals surface area contributed by atoms with Gasteiger partial charge in [-0.15, -0.1) is 0 Å². The number of rotatable bonds is 8. The van der Waals surface area contributed by atoms with Crippen molar-refractivity contribution >= 4 is 21.7 Å². The Morgan fingerprint density at radius 1 is 1.30 bits per heavy atom. The molecule has 0 heterocycles. The van der Waals surface area contributed by atoms with Crippen LogP contribution in [0.15, 0.2) is 18.2 Å². The molecule has 0 unspecified atom stereocenters. The van der Waals surface area contributed by atoms with Crippen LogP contribution in [0.3, 0.4) is 0 Å². The minimum Gasteiger partial charge on any atom is -0.478 e. The highest BCUT2D eigenvalue weighted by Gasteiger charge is 2.17. The summed E-state index contributed by atoms with van der Waals surface area (Å²) in [5.74, 6) is -2.62. The van der Waals surface area contributed by atoms with Crippen molar-refractivity contribution in [2.45, 2.75) is 32.6 Å². The Labute approximate surface area is 117 Å². The maximum Gasteiger partial charge on any atom is 0.338 e. The lowest BCUT2D eigenvalue weighted by Crippen LogP contribution is -2.18. The Hall–Kier alpha value is -1.63. The van der Waals surface area contributed by atoms with Crippen LogP contribution in [0.5, 0.6) is 0 Å². The molecule has 1 aromatic carbocycles. The van der Waals surface area contributed by atoms with Gasteiger partial charge in [0, 0.05) is 0 Å². The molecule has 0 aliphatic heterocycles. The topological polar surface area (TPSA) is 83.5 Å². The fourth-order valence-electron chi connectivity index (χ4n) is 1.71. The molecular formula is C13H18FNO4S. The molecule has 0 aromatic heterocycles. The zero-order valence-corrected chi connectivity index (χ0v) is 12.0. The van der Waals surface area contributed by atoms with Gasteiger partial charge in [-0.2, -0.15) is 0 Å². The standard InChI is InChI=1S/C13H18FNO4S/c1-2-3-4-5-9-20(18,19)15-11-8-6-7-10(12(11)14)13(16)17/h6-8,15H,2-5,9H2,1H3,(H,16,17). The van der Waals surface area contributed by atoms with E-state index in [2.05, 4.69) is 4.72 Å². The molecular weight excluding hydrogens is 285 g/mol. The highest BCUT2D eigenvalue weighted by atomic mass is 32.2. The van der Waals surface area contributed by atoms with E-state index < -0.39 is 27.4 Å². The number of carboxylic acids is 1. The molecule has 0 aliphatic carbocycles. The van der Waals surface area contributed by atoms with Gasteiger partial charge in [-0.3, -0.25) is 4.72 Å². The number of carbonyl (C=O) groups is 1. The molecule has 2 N–H and O–H groups in total. The van der Waals surface area contributed by atoms with Gasteiger partial charge in [0.15, 0.2) is 5.82 Å². The number of hydrogen-bond donors (Lipinski definition) is 2. The van der Waals surface area contributed by atoms with Gasteiger partial charge in [-0.25, -0.2) is 17.6 Å². The van der Waals surface area contributed by atoms with Crippen molar-refractivity contribution in [1.29, 1.82) is 0 Å². The molecule has 0 atom stereocenters. The van der Waals surface area contributed by atoms with Crippen LogP contribution in [0.4, 0.5) is 10.1 Å². The first-order valence-corrected chi connectivity index (χ1v) is 8.05. The monoisotopic (exact) mass is 303 g/mol. The van der Waals surface area contributed by atoms with Crippen LogP contribution >= 0.6 is 0 Å². The number of aromatic carboxylic acids is 1. The quantitative estimate of drug-likeness (QED) is 0.723. The molecule has 7 heteroatoms.